The lowest BCUT2D eigenvalue weighted by Gasteiger charge is -2.32. The highest BCUT2D eigenvalue weighted by Crippen LogP contribution is 2.28. The molecule has 4 rings (SSSR count). The first-order valence-corrected chi connectivity index (χ1v) is 9.11. The average molecular weight is 365 g/mol. The molecule has 0 radical (unpaired) electrons. The molecule has 7 heteroatoms. The lowest BCUT2D eigenvalue weighted by Crippen LogP contribution is -2.43. The van der Waals surface area contributed by atoms with Crippen LogP contribution in [0, 0.1) is 6.92 Å². The summed E-state index contributed by atoms with van der Waals surface area (Å²) < 4.78 is 11.3. The minimum absolute atomic E-state index is 0.463. The molecule has 0 atom stereocenters. The number of pyridine rings is 1. The summed E-state index contributed by atoms with van der Waals surface area (Å²) in [6.07, 6.45) is 1.69. The summed E-state index contributed by atoms with van der Waals surface area (Å²) in [5.74, 6) is 2.39. The van der Waals surface area contributed by atoms with E-state index in [2.05, 4.69) is 38.0 Å². The van der Waals surface area contributed by atoms with Crippen molar-refractivity contribution in [3.8, 4) is 23.1 Å². The van der Waals surface area contributed by atoms with Crippen LogP contribution < -0.4 is 4.74 Å². The molecular formula is C20H23N5O2. The van der Waals surface area contributed by atoms with E-state index in [-0.39, 0.29) is 0 Å². The van der Waals surface area contributed by atoms with Crippen molar-refractivity contribution in [3.05, 3.63) is 54.0 Å². The van der Waals surface area contributed by atoms with E-state index in [4.69, 9.17) is 9.26 Å². The zero-order valence-electron chi connectivity index (χ0n) is 15.6. The summed E-state index contributed by atoms with van der Waals surface area (Å²) in [4.78, 5) is 13.4. The third-order valence-electron chi connectivity index (χ3n) is 4.69. The third-order valence-corrected chi connectivity index (χ3v) is 4.69. The standard InChI is InChI=1S/C20H23N5O2/c1-15-22-20(27-23-15)16-7-8-21-19(13-16)26-18-6-4-3-5-17(18)14-25-11-9-24(2)10-12-25/h3-8,13H,9-12,14H2,1-2H3. The van der Waals surface area contributed by atoms with E-state index in [1.54, 1.807) is 13.1 Å². The van der Waals surface area contributed by atoms with Crippen LogP contribution in [0.2, 0.25) is 0 Å². The van der Waals surface area contributed by atoms with Crippen molar-refractivity contribution in [2.45, 2.75) is 13.5 Å². The molecule has 1 saturated heterocycles. The Morgan fingerprint density at radius 1 is 1.11 bits per heavy atom. The smallest absolute Gasteiger partial charge is 0.258 e. The van der Waals surface area contributed by atoms with Gasteiger partial charge in [0.25, 0.3) is 5.89 Å². The molecule has 0 aliphatic carbocycles. The van der Waals surface area contributed by atoms with Crippen LogP contribution in [-0.2, 0) is 6.54 Å². The molecule has 0 amide bonds. The molecule has 0 bridgehead atoms. The molecule has 0 N–H and O–H groups in total. The molecule has 3 heterocycles. The number of rotatable bonds is 5. The summed E-state index contributed by atoms with van der Waals surface area (Å²) in [5.41, 5.74) is 1.94. The first kappa shape index (κ1) is 17.6. The van der Waals surface area contributed by atoms with Crippen LogP contribution in [0.15, 0.2) is 47.1 Å². The molecule has 0 spiro atoms. The molecule has 1 aliphatic rings. The highest BCUT2D eigenvalue weighted by Gasteiger charge is 2.16. The second-order valence-electron chi connectivity index (χ2n) is 6.82. The van der Waals surface area contributed by atoms with Gasteiger partial charge in [0.2, 0.25) is 5.88 Å². The van der Waals surface area contributed by atoms with E-state index in [1.807, 2.05) is 30.3 Å². The zero-order chi connectivity index (χ0) is 18.6. The fraction of sp³-hybridized carbons (Fsp3) is 0.350. The molecule has 27 heavy (non-hydrogen) atoms. The van der Waals surface area contributed by atoms with Crippen LogP contribution >= 0.6 is 0 Å². The number of aromatic nitrogens is 3. The van der Waals surface area contributed by atoms with Gasteiger partial charge in [0.05, 0.1) is 0 Å². The number of piperazine rings is 1. The van der Waals surface area contributed by atoms with Gasteiger partial charge in [-0.15, -0.1) is 0 Å². The van der Waals surface area contributed by atoms with Crippen LogP contribution in [0.1, 0.15) is 11.4 Å². The molecule has 1 aliphatic heterocycles. The van der Waals surface area contributed by atoms with Crippen molar-refractivity contribution in [1.82, 2.24) is 24.9 Å². The maximum absolute atomic E-state index is 6.10. The fourth-order valence-electron chi connectivity index (χ4n) is 3.11. The molecule has 1 aromatic carbocycles. The van der Waals surface area contributed by atoms with E-state index in [9.17, 15) is 0 Å². The highest BCUT2D eigenvalue weighted by atomic mass is 16.5. The van der Waals surface area contributed by atoms with Gasteiger partial charge in [-0.1, -0.05) is 23.4 Å². The predicted octanol–water partition coefficient (Wildman–Crippen LogP) is 2.98. The Labute approximate surface area is 158 Å². The number of benzene rings is 1. The van der Waals surface area contributed by atoms with Gasteiger partial charge in [0.1, 0.15) is 5.75 Å². The number of nitrogens with zero attached hydrogens (tertiary/aromatic N) is 5. The maximum atomic E-state index is 6.10. The number of hydrogen-bond donors (Lipinski definition) is 0. The van der Waals surface area contributed by atoms with Gasteiger partial charge in [-0.3, -0.25) is 4.90 Å². The second-order valence-corrected chi connectivity index (χ2v) is 6.82. The van der Waals surface area contributed by atoms with Crippen molar-refractivity contribution in [2.75, 3.05) is 33.2 Å². The largest absolute Gasteiger partial charge is 0.439 e. The molecule has 7 nitrogen and oxygen atoms in total. The van der Waals surface area contributed by atoms with Crippen LogP contribution in [0.25, 0.3) is 11.5 Å². The Kier molecular flexibility index (Phi) is 5.13. The summed E-state index contributed by atoms with van der Waals surface area (Å²) in [6.45, 7) is 6.98. The summed E-state index contributed by atoms with van der Waals surface area (Å²) in [6, 6.07) is 11.8. The molecule has 140 valence electrons. The summed E-state index contributed by atoms with van der Waals surface area (Å²) in [5, 5.41) is 3.83. The lowest BCUT2D eigenvalue weighted by atomic mass is 10.1. The number of ether oxygens (including phenoxy) is 1. The predicted molar refractivity (Wildman–Crippen MR) is 102 cm³/mol. The van der Waals surface area contributed by atoms with Gasteiger partial charge in [-0.05, 0) is 26.1 Å². The Balaban J connectivity index is 1.51. The van der Waals surface area contributed by atoms with Crippen LogP contribution in [0.4, 0.5) is 0 Å². The number of aryl methyl sites for hydroxylation is 1. The number of para-hydroxylation sites is 1. The van der Waals surface area contributed by atoms with Crippen LogP contribution in [0.3, 0.4) is 0 Å². The van der Waals surface area contributed by atoms with Crippen LogP contribution in [0.5, 0.6) is 11.6 Å². The fourth-order valence-corrected chi connectivity index (χ4v) is 3.11. The van der Waals surface area contributed by atoms with E-state index in [0.29, 0.717) is 17.6 Å². The van der Waals surface area contributed by atoms with Gasteiger partial charge in [0, 0.05) is 56.1 Å². The van der Waals surface area contributed by atoms with Crippen molar-refractivity contribution in [3.63, 3.8) is 0 Å². The minimum atomic E-state index is 0.463. The van der Waals surface area contributed by atoms with Crippen molar-refractivity contribution in [2.24, 2.45) is 0 Å². The summed E-state index contributed by atoms with van der Waals surface area (Å²) >= 11 is 0. The Morgan fingerprint density at radius 2 is 1.93 bits per heavy atom. The van der Waals surface area contributed by atoms with E-state index in [0.717, 1.165) is 49.6 Å². The van der Waals surface area contributed by atoms with Crippen molar-refractivity contribution < 1.29 is 9.26 Å². The molecule has 0 unspecified atom stereocenters. The average Bonchev–Trinajstić information content (AvgIpc) is 3.12. The molecule has 0 saturated carbocycles. The van der Waals surface area contributed by atoms with Crippen LogP contribution in [-0.4, -0.2) is 58.2 Å². The van der Waals surface area contributed by atoms with Gasteiger partial charge < -0.3 is 14.2 Å². The van der Waals surface area contributed by atoms with Gasteiger partial charge in [0.15, 0.2) is 5.82 Å². The maximum Gasteiger partial charge on any atom is 0.258 e. The van der Waals surface area contributed by atoms with E-state index < -0.39 is 0 Å². The summed E-state index contributed by atoms with van der Waals surface area (Å²) in [7, 11) is 2.16. The first-order valence-electron chi connectivity index (χ1n) is 9.11. The topological polar surface area (TPSA) is 67.5 Å². The van der Waals surface area contributed by atoms with Gasteiger partial charge in [-0.2, -0.15) is 4.98 Å². The quantitative estimate of drug-likeness (QED) is 0.688. The Hall–Kier alpha value is -2.77. The number of likely N-dealkylation sites (N-methyl/N-ethyl adjacent to an activating group) is 1. The minimum Gasteiger partial charge on any atom is -0.439 e. The van der Waals surface area contributed by atoms with Crippen molar-refractivity contribution >= 4 is 0 Å². The number of hydrogen-bond acceptors (Lipinski definition) is 7. The van der Waals surface area contributed by atoms with Crippen molar-refractivity contribution in [1.29, 1.82) is 0 Å². The van der Waals surface area contributed by atoms with E-state index in [1.165, 1.54) is 0 Å². The molecular weight excluding hydrogens is 342 g/mol. The second kappa shape index (κ2) is 7.85. The Bertz CT molecular complexity index is 903. The third kappa shape index (κ3) is 4.32. The zero-order valence-corrected chi connectivity index (χ0v) is 15.6. The van der Waals surface area contributed by atoms with Gasteiger partial charge in [-0.25, -0.2) is 4.98 Å². The first-order chi connectivity index (χ1) is 13.2. The Morgan fingerprint density at radius 3 is 2.70 bits per heavy atom. The molecule has 1 fully saturated rings. The van der Waals surface area contributed by atoms with Gasteiger partial charge >= 0.3 is 0 Å². The monoisotopic (exact) mass is 365 g/mol. The lowest BCUT2D eigenvalue weighted by molar-refractivity contribution is 0.147. The van der Waals surface area contributed by atoms with E-state index >= 15 is 0 Å². The molecule has 2 aromatic heterocycles. The normalized spacial score (nSPS) is 15.8. The SMILES string of the molecule is Cc1noc(-c2ccnc(Oc3ccccc3CN3CCN(C)CC3)c2)n1. The highest BCUT2D eigenvalue weighted by molar-refractivity contribution is 5.54. The molecule has 3 aromatic rings.